The van der Waals surface area contributed by atoms with Gasteiger partial charge in [0.15, 0.2) is 0 Å². The highest BCUT2D eigenvalue weighted by Crippen LogP contribution is 1.63. The van der Waals surface area contributed by atoms with Crippen LogP contribution in [0.3, 0.4) is 0 Å². The van der Waals surface area contributed by atoms with Gasteiger partial charge in [0, 0.05) is 7.43 Å². The van der Waals surface area contributed by atoms with Crippen LogP contribution < -0.4 is 11.9 Å². The second-order valence-corrected chi connectivity index (χ2v) is 1.56. The molecule has 0 bridgehead atoms. The van der Waals surface area contributed by atoms with Gasteiger partial charge >= 0.3 is 0 Å². The third-order valence-electron chi connectivity index (χ3n) is 0. The lowest BCUT2D eigenvalue weighted by molar-refractivity contribution is 1.91. The maximum absolute atomic E-state index is 4.71. The van der Waals surface area contributed by atoms with Gasteiger partial charge in [-0.15, -0.1) is 12.6 Å². The molecule has 0 fully saturated rings. The average molecular weight is 122 g/mol. The molecule has 0 heterocycles. The number of rotatable bonds is 0. The predicted molar refractivity (Wildman–Crippen MR) is 34.0 cm³/mol. The van der Waals surface area contributed by atoms with Crippen LogP contribution in [0.2, 0.25) is 0 Å². The second-order valence-electron chi connectivity index (χ2n) is 0.338. The highest BCUT2D eigenvalue weighted by atomic mass is 32.1. The van der Waals surface area contributed by atoms with Crippen LogP contribution in [0.1, 0.15) is 0 Å². The molecule has 36 valence electrons. The van der Waals surface area contributed by atoms with E-state index in [1.165, 1.54) is 0 Å². The van der Waals surface area contributed by atoms with Crippen LogP contribution in [0, 0.1) is 7.43 Å². The Morgan fingerprint density at radius 1 is 1.67 bits per heavy atom. The molecule has 0 saturated carbocycles. The first kappa shape index (κ1) is 16.4. The number of thiocarbonyl (C=S) groups is 1. The zero-order valence-corrected chi connectivity index (χ0v) is 4.85. The summed E-state index contributed by atoms with van der Waals surface area (Å²) < 4.78 is 0.194. The maximum atomic E-state index is 4.71. The molecule has 0 aromatic carbocycles. The van der Waals surface area contributed by atoms with E-state index in [2.05, 4.69) is 24.8 Å². The third-order valence-corrected chi connectivity index (χ3v) is 0. The standard InChI is InChI=1S/CH3NS2.C.H3N/c2-1(3)4;;/h(H3,2,3,4);;1H3. The highest BCUT2D eigenvalue weighted by molar-refractivity contribution is 8.10. The second kappa shape index (κ2) is 8.96. The fourth-order valence-corrected chi connectivity index (χ4v) is 0. The van der Waals surface area contributed by atoms with Gasteiger partial charge in [0.05, 0.1) is 0 Å². The SMILES string of the molecule is N.NC(=S)S.[C]. The first-order valence-corrected chi connectivity index (χ1v) is 1.57. The minimum Gasteiger partial charge on any atom is -0.385 e. The fourth-order valence-electron chi connectivity index (χ4n) is 0. The van der Waals surface area contributed by atoms with Crippen molar-refractivity contribution in [3.05, 3.63) is 7.43 Å². The van der Waals surface area contributed by atoms with Crippen LogP contribution in [0.25, 0.3) is 0 Å². The highest BCUT2D eigenvalue weighted by Gasteiger charge is 1.55. The maximum Gasteiger partial charge on any atom is 0.128 e. The van der Waals surface area contributed by atoms with Gasteiger partial charge < -0.3 is 11.9 Å². The van der Waals surface area contributed by atoms with E-state index in [1.807, 2.05) is 0 Å². The Labute approximate surface area is 49.1 Å². The molecule has 0 aliphatic carbocycles. The molecule has 0 amide bonds. The molecule has 0 aromatic rings. The summed E-state index contributed by atoms with van der Waals surface area (Å²) >= 11 is 7.65. The number of thiol groups is 1. The van der Waals surface area contributed by atoms with Crippen LogP contribution in [-0.2, 0) is 0 Å². The molecule has 4 heteroatoms. The third kappa shape index (κ3) is 1080. The van der Waals surface area contributed by atoms with Crippen molar-refractivity contribution >= 4 is 29.2 Å². The van der Waals surface area contributed by atoms with Gasteiger partial charge in [-0.2, -0.15) is 0 Å². The van der Waals surface area contributed by atoms with E-state index in [1.54, 1.807) is 0 Å². The molecule has 0 rings (SSSR count). The first-order chi connectivity index (χ1) is 1.73. The van der Waals surface area contributed by atoms with Crippen LogP contribution >= 0.6 is 24.8 Å². The molecular weight excluding hydrogens is 116 g/mol. The molecule has 4 radical (unpaired) electrons. The van der Waals surface area contributed by atoms with Crippen molar-refractivity contribution in [3.8, 4) is 0 Å². The first-order valence-electron chi connectivity index (χ1n) is 0.716. The van der Waals surface area contributed by atoms with Gasteiger partial charge in [-0.3, -0.25) is 0 Å². The number of hydrogen-bond donors (Lipinski definition) is 3. The molecule has 0 aliphatic heterocycles. The van der Waals surface area contributed by atoms with Crippen LogP contribution in [0.15, 0.2) is 0 Å². The molecule has 0 saturated heterocycles. The normalized spacial score (nSPS) is 4.17. The Hall–Kier alpha value is 0.200. The lowest BCUT2D eigenvalue weighted by Crippen LogP contribution is -1.94. The van der Waals surface area contributed by atoms with Gasteiger partial charge in [0.1, 0.15) is 4.32 Å². The average Bonchev–Trinajstić information content (AvgIpc) is 0.811. The lowest BCUT2D eigenvalue weighted by Gasteiger charge is -1.64. The van der Waals surface area contributed by atoms with Crippen LogP contribution in [-0.4, -0.2) is 4.32 Å². The topological polar surface area (TPSA) is 61.0 Å². The van der Waals surface area contributed by atoms with Gasteiger partial charge in [0.2, 0.25) is 0 Å². The fraction of sp³-hybridized carbons (Fsp3) is 0. The van der Waals surface area contributed by atoms with E-state index in [0.29, 0.717) is 0 Å². The number of nitrogens with two attached hydrogens (primary N) is 1. The smallest absolute Gasteiger partial charge is 0.128 e. The van der Waals surface area contributed by atoms with Gasteiger partial charge in [0.25, 0.3) is 0 Å². The molecule has 2 nitrogen and oxygen atoms in total. The van der Waals surface area contributed by atoms with Crippen molar-refractivity contribution in [1.82, 2.24) is 6.15 Å². The van der Waals surface area contributed by atoms with Crippen molar-refractivity contribution < 1.29 is 0 Å². The van der Waals surface area contributed by atoms with E-state index in [4.69, 9.17) is 5.73 Å². The summed E-state index contributed by atoms with van der Waals surface area (Å²) in [5, 5.41) is 0. The molecule has 0 atom stereocenters. The largest absolute Gasteiger partial charge is 0.385 e. The molecule has 0 unspecified atom stereocenters. The van der Waals surface area contributed by atoms with Crippen molar-refractivity contribution in [2.45, 2.75) is 0 Å². The van der Waals surface area contributed by atoms with Crippen molar-refractivity contribution in [3.63, 3.8) is 0 Å². The molecule has 0 aromatic heterocycles. The Bertz CT molecular complexity index is 32.5. The van der Waals surface area contributed by atoms with Crippen molar-refractivity contribution in [2.75, 3.05) is 0 Å². The molecule has 5 N–H and O–H groups in total. The predicted octanol–water partition coefficient (Wildman–Crippen LogP) is 0.403. The summed E-state index contributed by atoms with van der Waals surface area (Å²) in [6.07, 6.45) is 0. The van der Waals surface area contributed by atoms with Gasteiger partial charge in [-0.05, 0) is 0 Å². The molecule has 0 aliphatic rings. The van der Waals surface area contributed by atoms with E-state index in [0.717, 1.165) is 0 Å². The minimum atomic E-state index is 0. The molecule has 6 heavy (non-hydrogen) atoms. The summed E-state index contributed by atoms with van der Waals surface area (Å²) in [4.78, 5) is 0. The summed E-state index contributed by atoms with van der Waals surface area (Å²) in [6.45, 7) is 0. The van der Waals surface area contributed by atoms with Crippen molar-refractivity contribution in [1.29, 1.82) is 0 Å². The Balaban J connectivity index is -0.0000000450. The zero-order chi connectivity index (χ0) is 3.58. The van der Waals surface area contributed by atoms with Gasteiger partial charge in [-0.25, -0.2) is 0 Å². The minimum absolute atomic E-state index is 0. The van der Waals surface area contributed by atoms with E-state index >= 15 is 0 Å². The summed E-state index contributed by atoms with van der Waals surface area (Å²) in [6, 6.07) is 0. The quantitative estimate of drug-likeness (QED) is 0.322. The monoisotopic (exact) mass is 122 g/mol. The van der Waals surface area contributed by atoms with Gasteiger partial charge in [-0.1, -0.05) is 12.2 Å². The number of hydrogen-bond acceptors (Lipinski definition) is 2. The van der Waals surface area contributed by atoms with Crippen molar-refractivity contribution in [2.24, 2.45) is 5.73 Å². The molecular formula is C2H6N2S2. The van der Waals surface area contributed by atoms with Crippen LogP contribution in [0.5, 0.6) is 0 Å². The summed E-state index contributed by atoms with van der Waals surface area (Å²) in [5.41, 5.74) is 4.71. The van der Waals surface area contributed by atoms with E-state index < -0.39 is 0 Å². The zero-order valence-electron chi connectivity index (χ0n) is 3.14. The van der Waals surface area contributed by atoms with E-state index in [9.17, 15) is 0 Å². The van der Waals surface area contributed by atoms with Crippen LogP contribution in [0.4, 0.5) is 0 Å². The Morgan fingerprint density at radius 3 is 1.67 bits per heavy atom. The summed E-state index contributed by atoms with van der Waals surface area (Å²) in [7, 11) is 0. The Kier molecular flexibility index (Phi) is 24.4. The van der Waals surface area contributed by atoms with E-state index in [-0.39, 0.29) is 17.9 Å². The lowest BCUT2D eigenvalue weighted by atomic mass is 11.5. The summed E-state index contributed by atoms with van der Waals surface area (Å²) in [5.74, 6) is 0. The molecule has 0 spiro atoms. The Morgan fingerprint density at radius 2 is 1.67 bits per heavy atom.